The van der Waals surface area contributed by atoms with E-state index in [2.05, 4.69) is 4.98 Å². The average Bonchev–Trinajstić information content (AvgIpc) is 3.09. The van der Waals surface area contributed by atoms with Crippen LogP contribution in [0.5, 0.6) is 5.75 Å². The van der Waals surface area contributed by atoms with Crippen LogP contribution in [0.25, 0.3) is 5.76 Å². The lowest BCUT2D eigenvalue weighted by Gasteiger charge is -2.25. The number of nitrogens with zero attached hydrogens (tertiary/aromatic N) is 3. The van der Waals surface area contributed by atoms with Crippen molar-refractivity contribution in [3.63, 3.8) is 0 Å². The number of likely N-dealkylation sites (tertiary alicyclic amines) is 1. The molecule has 1 amide bonds. The van der Waals surface area contributed by atoms with Gasteiger partial charge >= 0.3 is 0 Å². The van der Waals surface area contributed by atoms with E-state index in [9.17, 15) is 24.8 Å². The van der Waals surface area contributed by atoms with Gasteiger partial charge in [0, 0.05) is 36.6 Å². The number of Topliss-reactive ketones (excluding diaryl/α,β-unsaturated/α-hetero) is 1. The van der Waals surface area contributed by atoms with E-state index in [1.807, 2.05) is 0 Å². The van der Waals surface area contributed by atoms with Gasteiger partial charge in [-0.1, -0.05) is 18.2 Å². The fourth-order valence-electron chi connectivity index (χ4n) is 4.07. The Balaban J connectivity index is 1.89. The Bertz CT molecular complexity index is 1320. The van der Waals surface area contributed by atoms with E-state index in [-0.39, 0.29) is 23.6 Å². The Kier molecular flexibility index (Phi) is 6.09. The molecule has 1 aliphatic rings. The molecule has 0 unspecified atom stereocenters. The fraction of sp³-hybridized carbons (Fsp3) is 0.160. The monoisotopic (exact) mass is 459 g/mol. The molecule has 34 heavy (non-hydrogen) atoms. The number of hydrogen-bond donors (Lipinski definition) is 1. The van der Waals surface area contributed by atoms with Crippen LogP contribution in [0.4, 0.5) is 5.69 Å². The smallest absolute Gasteiger partial charge is 0.295 e. The molecule has 1 saturated heterocycles. The van der Waals surface area contributed by atoms with Gasteiger partial charge < -0.3 is 14.7 Å². The van der Waals surface area contributed by atoms with Gasteiger partial charge in [0.05, 0.1) is 23.6 Å². The van der Waals surface area contributed by atoms with E-state index >= 15 is 0 Å². The first kappa shape index (κ1) is 22.7. The van der Waals surface area contributed by atoms with Crippen LogP contribution in [0, 0.1) is 17.0 Å². The number of aromatic nitrogens is 1. The number of rotatable bonds is 6. The van der Waals surface area contributed by atoms with Crippen molar-refractivity contribution in [3.05, 3.63) is 105 Å². The first-order valence-electron chi connectivity index (χ1n) is 10.4. The number of carbonyl (C=O) groups excluding carboxylic acids is 2. The molecule has 2 aromatic carbocycles. The maximum atomic E-state index is 13.1. The maximum Gasteiger partial charge on any atom is 0.295 e. The summed E-state index contributed by atoms with van der Waals surface area (Å²) in [7, 11) is 1.52. The number of benzene rings is 2. The van der Waals surface area contributed by atoms with Gasteiger partial charge in [-0.3, -0.25) is 24.7 Å². The zero-order chi connectivity index (χ0) is 24.4. The molecule has 0 spiro atoms. The third kappa shape index (κ3) is 4.11. The second kappa shape index (κ2) is 9.14. The Hall–Kier alpha value is -4.53. The van der Waals surface area contributed by atoms with Crippen LogP contribution in [0.2, 0.25) is 0 Å². The highest BCUT2D eigenvalue weighted by Crippen LogP contribution is 2.41. The van der Waals surface area contributed by atoms with Crippen LogP contribution in [-0.4, -0.2) is 38.7 Å². The van der Waals surface area contributed by atoms with Gasteiger partial charge in [-0.15, -0.1) is 0 Å². The van der Waals surface area contributed by atoms with Crippen molar-refractivity contribution in [1.29, 1.82) is 0 Å². The van der Waals surface area contributed by atoms with Crippen molar-refractivity contribution in [2.24, 2.45) is 0 Å². The normalized spacial score (nSPS) is 17.1. The molecule has 9 nitrogen and oxygen atoms in total. The molecular formula is C25H21N3O6. The highest BCUT2D eigenvalue weighted by atomic mass is 16.6. The zero-order valence-electron chi connectivity index (χ0n) is 18.5. The number of amides is 1. The van der Waals surface area contributed by atoms with E-state index in [1.54, 1.807) is 55.7 Å². The summed E-state index contributed by atoms with van der Waals surface area (Å²) in [5.41, 5.74) is 1.73. The zero-order valence-corrected chi connectivity index (χ0v) is 18.5. The summed E-state index contributed by atoms with van der Waals surface area (Å²) in [4.78, 5) is 42.4. The number of nitro benzene ring substituents is 1. The second-order valence-corrected chi connectivity index (χ2v) is 7.82. The minimum atomic E-state index is -1.03. The van der Waals surface area contributed by atoms with E-state index in [1.165, 1.54) is 30.2 Å². The minimum absolute atomic E-state index is 0.0319. The van der Waals surface area contributed by atoms with Crippen molar-refractivity contribution in [3.8, 4) is 5.75 Å². The summed E-state index contributed by atoms with van der Waals surface area (Å²) in [5, 5.41) is 22.6. The van der Waals surface area contributed by atoms with Gasteiger partial charge in [-0.2, -0.15) is 0 Å². The summed E-state index contributed by atoms with van der Waals surface area (Å²) < 4.78 is 5.26. The number of aliphatic hydroxyl groups is 1. The summed E-state index contributed by atoms with van der Waals surface area (Å²) >= 11 is 0. The number of nitro groups is 1. The van der Waals surface area contributed by atoms with Gasteiger partial charge in [-0.25, -0.2) is 0 Å². The predicted molar refractivity (Wildman–Crippen MR) is 123 cm³/mol. The number of methoxy groups -OCH3 is 1. The van der Waals surface area contributed by atoms with Gasteiger partial charge in [0.25, 0.3) is 17.4 Å². The second-order valence-electron chi connectivity index (χ2n) is 7.82. The molecule has 1 atom stereocenters. The van der Waals surface area contributed by atoms with Crippen molar-refractivity contribution >= 4 is 23.1 Å². The number of carbonyl (C=O) groups is 2. The van der Waals surface area contributed by atoms with Crippen LogP contribution in [-0.2, 0) is 16.1 Å². The first-order chi connectivity index (χ1) is 16.3. The van der Waals surface area contributed by atoms with Crippen LogP contribution in [0.3, 0.4) is 0 Å². The Morgan fingerprint density at radius 3 is 2.62 bits per heavy atom. The number of pyridine rings is 1. The molecule has 1 N–H and O–H groups in total. The average molecular weight is 459 g/mol. The molecule has 1 aromatic heterocycles. The Labute approximate surface area is 195 Å². The van der Waals surface area contributed by atoms with Crippen molar-refractivity contribution in [2.45, 2.75) is 19.5 Å². The topological polar surface area (TPSA) is 123 Å². The number of hydrogen-bond acceptors (Lipinski definition) is 7. The molecule has 0 bridgehead atoms. The fourth-order valence-corrected chi connectivity index (χ4v) is 4.07. The molecular weight excluding hydrogens is 438 g/mol. The van der Waals surface area contributed by atoms with Crippen LogP contribution >= 0.6 is 0 Å². The van der Waals surface area contributed by atoms with Crippen LogP contribution in [0.15, 0.2) is 72.6 Å². The number of ketones is 1. The number of aryl methyl sites for hydroxylation is 1. The third-order valence-electron chi connectivity index (χ3n) is 5.68. The molecule has 3 aromatic rings. The summed E-state index contributed by atoms with van der Waals surface area (Å²) in [6.45, 7) is 1.82. The predicted octanol–water partition coefficient (Wildman–Crippen LogP) is 3.93. The number of aliphatic hydroxyl groups excluding tert-OH is 1. The molecule has 1 fully saturated rings. The van der Waals surface area contributed by atoms with Crippen molar-refractivity contribution in [2.75, 3.05) is 7.11 Å². The molecule has 172 valence electrons. The number of non-ortho nitro benzene ring substituents is 1. The van der Waals surface area contributed by atoms with E-state index in [0.29, 0.717) is 22.4 Å². The molecule has 0 aliphatic carbocycles. The minimum Gasteiger partial charge on any atom is -0.507 e. The lowest BCUT2D eigenvalue weighted by atomic mass is 9.94. The lowest BCUT2D eigenvalue weighted by molar-refractivity contribution is -0.384. The van der Waals surface area contributed by atoms with E-state index in [0.717, 1.165) is 5.56 Å². The van der Waals surface area contributed by atoms with Crippen molar-refractivity contribution < 1.29 is 24.4 Å². The Morgan fingerprint density at radius 2 is 1.97 bits per heavy atom. The largest absolute Gasteiger partial charge is 0.507 e. The first-order valence-corrected chi connectivity index (χ1v) is 10.4. The van der Waals surface area contributed by atoms with Gasteiger partial charge in [-0.05, 0) is 47.9 Å². The molecule has 1 aliphatic heterocycles. The molecule has 0 radical (unpaired) electrons. The third-order valence-corrected chi connectivity index (χ3v) is 5.68. The SMILES string of the molecule is COc1ccc(C(O)=C2C(=O)C(=O)N(Cc3cccnc3)[C@H]2c2cccc([N+](=O)[O-])c2)cc1C. The lowest BCUT2D eigenvalue weighted by Crippen LogP contribution is -2.29. The van der Waals surface area contributed by atoms with Crippen LogP contribution in [0.1, 0.15) is 28.3 Å². The Morgan fingerprint density at radius 1 is 1.18 bits per heavy atom. The molecule has 2 heterocycles. The number of ether oxygens (including phenoxy) is 1. The molecule has 0 saturated carbocycles. The van der Waals surface area contributed by atoms with Crippen LogP contribution < -0.4 is 4.74 Å². The highest BCUT2D eigenvalue weighted by molar-refractivity contribution is 6.46. The highest BCUT2D eigenvalue weighted by Gasteiger charge is 2.46. The van der Waals surface area contributed by atoms with Gasteiger partial charge in [0.1, 0.15) is 11.5 Å². The van der Waals surface area contributed by atoms with E-state index < -0.39 is 22.7 Å². The van der Waals surface area contributed by atoms with Gasteiger partial charge in [0.15, 0.2) is 0 Å². The quantitative estimate of drug-likeness (QED) is 0.195. The maximum absolute atomic E-state index is 13.1. The summed E-state index contributed by atoms with van der Waals surface area (Å²) in [6, 6.07) is 13.0. The van der Waals surface area contributed by atoms with E-state index in [4.69, 9.17) is 4.74 Å². The molecule has 9 heteroatoms. The standard InChI is InChI=1S/C25H21N3O6/c1-15-11-18(8-9-20(15)34-2)23(29)21-22(17-6-3-7-19(12-17)28(32)33)27(25(31)24(21)30)14-16-5-4-10-26-13-16/h3-13,22,29H,14H2,1-2H3/t22-/m0/s1. The summed E-state index contributed by atoms with van der Waals surface area (Å²) in [5.74, 6) is -1.45. The van der Waals surface area contributed by atoms with Crippen molar-refractivity contribution in [1.82, 2.24) is 9.88 Å². The molecule has 4 rings (SSSR count). The summed E-state index contributed by atoms with van der Waals surface area (Å²) in [6.07, 6.45) is 3.15. The van der Waals surface area contributed by atoms with Gasteiger partial charge in [0.2, 0.25) is 0 Å².